The van der Waals surface area contributed by atoms with Crippen LogP contribution in [0.15, 0.2) is 47.4 Å². The molecular formula is C18H20N2O6S. The molecule has 0 unspecified atom stereocenters. The van der Waals surface area contributed by atoms with Gasteiger partial charge in [0.25, 0.3) is 5.91 Å². The lowest BCUT2D eigenvalue weighted by Gasteiger charge is -2.29. The van der Waals surface area contributed by atoms with Gasteiger partial charge in [0.05, 0.1) is 24.1 Å². The van der Waals surface area contributed by atoms with E-state index in [0.29, 0.717) is 18.1 Å². The normalized spacial score (nSPS) is 15.9. The lowest BCUT2D eigenvalue weighted by molar-refractivity contribution is 0.0519. The van der Waals surface area contributed by atoms with E-state index in [1.807, 2.05) is 18.2 Å². The number of benzene rings is 2. The van der Waals surface area contributed by atoms with Gasteiger partial charge in [-0.25, -0.2) is 13.6 Å². The van der Waals surface area contributed by atoms with Crippen LogP contribution in [0.4, 0.5) is 0 Å². The zero-order chi connectivity index (χ0) is 19.6. The highest BCUT2D eigenvalue weighted by Gasteiger charge is 2.26. The lowest BCUT2D eigenvalue weighted by Crippen LogP contribution is -2.41. The van der Waals surface area contributed by atoms with E-state index in [4.69, 9.17) is 19.3 Å². The molecule has 1 aliphatic heterocycles. The van der Waals surface area contributed by atoms with Crippen molar-refractivity contribution in [3.8, 4) is 17.2 Å². The summed E-state index contributed by atoms with van der Waals surface area (Å²) < 4.78 is 39.9. The molecule has 0 aromatic heterocycles. The molecule has 0 spiro atoms. The number of carbonyl (C=O) groups is 1. The molecule has 3 rings (SSSR count). The topological polar surface area (TPSA) is 108 Å². The molecule has 1 heterocycles. The predicted molar refractivity (Wildman–Crippen MR) is 97.7 cm³/mol. The molecular weight excluding hydrogens is 372 g/mol. The number of ether oxygens (including phenoxy) is 3. The van der Waals surface area contributed by atoms with Crippen molar-refractivity contribution < 1.29 is 27.4 Å². The molecule has 1 atom stereocenters. The van der Waals surface area contributed by atoms with E-state index < -0.39 is 15.9 Å². The molecule has 144 valence electrons. The summed E-state index contributed by atoms with van der Waals surface area (Å²) >= 11 is 0. The number of nitrogens with zero attached hydrogens (tertiary/aromatic N) is 1. The van der Waals surface area contributed by atoms with Crippen molar-refractivity contribution in [3.05, 3.63) is 48.0 Å². The summed E-state index contributed by atoms with van der Waals surface area (Å²) in [5, 5.41) is 5.16. The third kappa shape index (κ3) is 4.15. The highest BCUT2D eigenvalue weighted by Crippen LogP contribution is 2.31. The van der Waals surface area contributed by atoms with Crippen molar-refractivity contribution >= 4 is 15.9 Å². The molecule has 2 N–H and O–H groups in total. The van der Waals surface area contributed by atoms with Gasteiger partial charge in [-0.3, -0.25) is 4.79 Å². The van der Waals surface area contributed by atoms with E-state index in [2.05, 4.69) is 0 Å². The molecule has 9 heteroatoms. The minimum absolute atomic E-state index is 0.101. The fourth-order valence-corrected chi connectivity index (χ4v) is 3.32. The van der Waals surface area contributed by atoms with Crippen molar-refractivity contribution in [3.63, 3.8) is 0 Å². The van der Waals surface area contributed by atoms with Crippen molar-refractivity contribution in [2.75, 3.05) is 27.3 Å². The molecule has 1 aliphatic rings. The molecule has 0 saturated carbocycles. The summed E-state index contributed by atoms with van der Waals surface area (Å²) in [5.41, 5.74) is 0.101. The second kappa shape index (κ2) is 7.45. The summed E-state index contributed by atoms with van der Waals surface area (Å²) in [7, 11) is -0.948. The molecule has 8 nitrogen and oxygen atoms in total. The summed E-state index contributed by atoms with van der Waals surface area (Å²) in [6.45, 7) is 0.541. The largest absolute Gasteiger partial charge is 0.496 e. The van der Waals surface area contributed by atoms with Gasteiger partial charge in [0.1, 0.15) is 12.4 Å². The average molecular weight is 392 g/mol. The minimum Gasteiger partial charge on any atom is -0.496 e. The average Bonchev–Trinajstić information content (AvgIpc) is 2.66. The number of amides is 1. The Hall–Kier alpha value is -2.78. The van der Waals surface area contributed by atoms with Gasteiger partial charge in [-0.1, -0.05) is 12.1 Å². The summed E-state index contributed by atoms with van der Waals surface area (Å²) in [5.74, 6) is 1.11. The summed E-state index contributed by atoms with van der Waals surface area (Å²) in [4.78, 5) is 14.1. The van der Waals surface area contributed by atoms with E-state index in [0.717, 1.165) is 0 Å². The first-order valence-electron chi connectivity index (χ1n) is 8.14. The van der Waals surface area contributed by atoms with Gasteiger partial charge in [0, 0.05) is 7.05 Å². The van der Waals surface area contributed by atoms with Crippen molar-refractivity contribution in [2.45, 2.75) is 11.0 Å². The van der Waals surface area contributed by atoms with Crippen LogP contribution in [0.3, 0.4) is 0 Å². The van der Waals surface area contributed by atoms with Gasteiger partial charge in [-0.15, -0.1) is 0 Å². The smallest absolute Gasteiger partial charge is 0.257 e. The molecule has 2 aromatic carbocycles. The second-order valence-electron chi connectivity index (χ2n) is 6.09. The molecule has 27 heavy (non-hydrogen) atoms. The Morgan fingerprint density at radius 1 is 1.26 bits per heavy atom. The molecule has 2 aromatic rings. The van der Waals surface area contributed by atoms with Crippen molar-refractivity contribution in [1.82, 2.24) is 4.90 Å². The molecule has 0 aliphatic carbocycles. The maximum atomic E-state index is 12.8. The monoisotopic (exact) mass is 392 g/mol. The van der Waals surface area contributed by atoms with Crippen LogP contribution < -0.4 is 19.3 Å². The number of fused-ring (bicyclic) bond motifs is 1. The van der Waals surface area contributed by atoms with E-state index >= 15 is 0 Å². The number of sulfonamides is 1. The van der Waals surface area contributed by atoms with Gasteiger partial charge < -0.3 is 19.1 Å². The molecule has 0 bridgehead atoms. The first-order chi connectivity index (χ1) is 12.8. The fourth-order valence-electron chi connectivity index (χ4n) is 2.78. The number of nitrogens with two attached hydrogens (primary N) is 1. The first kappa shape index (κ1) is 19.0. The van der Waals surface area contributed by atoms with Crippen LogP contribution in [0.1, 0.15) is 10.4 Å². The zero-order valence-electron chi connectivity index (χ0n) is 14.9. The fraction of sp³-hybridized carbons (Fsp3) is 0.278. The van der Waals surface area contributed by atoms with Gasteiger partial charge in [-0.2, -0.15) is 0 Å². The lowest BCUT2D eigenvalue weighted by atomic mass is 10.1. The van der Waals surface area contributed by atoms with Crippen LogP contribution in [0.5, 0.6) is 17.2 Å². The Morgan fingerprint density at radius 3 is 2.63 bits per heavy atom. The number of primary sulfonamides is 1. The van der Waals surface area contributed by atoms with Crippen LogP contribution >= 0.6 is 0 Å². The van der Waals surface area contributed by atoms with Crippen LogP contribution in [0.2, 0.25) is 0 Å². The Kier molecular flexibility index (Phi) is 5.24. The minimum atomic E-state index is -3.94. The summed E-state index contributed by atoms with van der Waals surface area (Å²) in [6, 6.07) is 11.2. The number of para-hydroxylation sites is 2. The maximum Gasteiger partial charge on any atom is 0.257 e. The van der Waals surface area contributed by atoms with Gasteiger partial charge in [0.2, 0.25) is 10.0 Å². The van der Waals surface area contributed by atoms with E-state index in [1.54, 1.807) is 13.1 Å². The van der Waals surface area contributed by atoms with Crippen LogP contribution in [0.25, 0.3) is 0 Å². The Bertz CT molecular complexity index is 960. The van der Waals surface area contributed by atoms with E-state index in [1.165, 1.54) is 30.2 Å². The standard InChI is InChI=1S/C18H20N2O6S/c1-20(10-12-11-25-16-5-3-4-6-17(16)26-12)18(21)14-9-13(27(19,22)23)7-8-15(14)24-2/h3-9,12H,10-11H2,1-2H3,(H2,19,22,23)/t12-/m1/s1. The molecule has 0 radical (unpaired) electrons. The highest BCUT2D eigenvalue weighted by molar-refractivity contribution is 7.89. The number of likely N-dealkylation sites (N-methyl/N-ethyl adjacent to an activating group) is 1. The van der Waals surface area contributed by atoms with E-state index in [9.17, 15) is 13.2 Å². The third-order valence-electron chi connectivity index (χ3n) is 4.12. The Labute approximate surface area is 157 Å². The van der Waals surface area contributed by atoms with Crippen molar-refractivity contribution in [2.24, 2.45) is 5.14 Å². The number of carbonyl (C=O) groups excluding carboxylic acids is 1. The quantitative estimate of drug-likeness (QED) is 0.821. The zero-order valence-corrected chi connectivity index (χ0v) is 15.7. The van der Waals surface area contributed by atoms with Gasteiger partial charge in [0.15, 0.2) is 17.6 Å². The Balaban J connectivity index is 1.78. The number of hydrogen-bond donors (Lipinski definition) is 1. The molecule has 0 saturated heterocycles. The number of rotatable bonds is 5. The predicted octanol–water partition coefficient (Wildman–Crippen LogP) is 1.25. The number of hydrogen-bond acceptors (Lipinski definition) is 6. The molecule has 1 amide bonds. The van der Waals surface area contributed by atoms with Crippen LogP contribution in [0, 0.1) is 0 Å². The third-order valence-corrected chi connectivity index (χ3v) is 5.03. The SMILES string of the molecule is COc1ccc(S(N)(=O)=O)cc1C(=O)N(C)C[C@@H]1COc2ccccc2O1. The Morgan fingerprint density at radius 2 is 1.96 bits per heavy atom. The highest BCUT2D eigenvalue weighted by atomic mass is 32.2. The van der Waals surface area contributed by atoms with Crippen molar-refractivity contribution in [1.29, 1.82) is 0 Å². The summed E-state index contributed by atoms with van der Waals surface area (Å²) in [6.07, 6.45) is -0.360. The number of methoxy groups -OCH3 is 1. The first-order valence-corrected chi connectivity index (χ1v) is 9.69. The van der Waals surface area contributed by atoms with Crippen LogP contribution in [-0.4, -0.2) is 52.6 Å². The molecule has 0 fully saturated rings. The van der Waals surface area contributed by atoms with Gasteiger partial charge >= 0.3 is 0 Å². The second-order valence-corrected chi connectivity index (χ2v) is 7.65. The van der Waals surface area contributed by atoms with Crippen LogP contribution in [-0.2, 0) is 10.0 Å². The maximum absolute atomic E-state index is 12.8. The van der Waals surface area contributed by atoms with E-state index in [-0.39, 0.29) is 28.9 Å². The van der Waals surface area contributed by atoms with Gasteiger partial charge in [-0.05, 0) is 30.3 Å².